The van der Waals surface area contributed by atoms with Crippen LogP contribution < -0.4 is 0 Å². The van der Waals surface area contributed by atoms with Gasteiger partial charge in [0.1, 0.15) is 5.67 Å². The Hall–Kier alpha value is -1.38. The maximum Gasteiger partial charge on any atom is 0.312 e. The average molecular weight is 222 g/mol. The molecule has 1 aromatic rings. The van der Waals surface area contributed by atoms with Crippen LogP contribution in [0.3, 0.4) is 0 Å². The van der Waals surface area contributed by atoms with E-state index in [1.54, 1.807) is 19.1 Å². The number of hydrogen-bond donors (Lipinski definition) is 0. The first-order chi connectivity index (χ1) is 7.58. The lowest BCUT2D eigenvalue weighted by Crippen LogP contribution is -2.13. The summed E-state index contributed by atoms with van der Waals surface area (Å²) < 4.78 is 19.1. The van der Waals surface area contributed by atoms with Gasteiger partial charge in [-0.2, -0.15) is 0 Å². The summed E-state index contributed by atoms with van der Waals surface area (Å²) in [6, 6.07) is 7.21. The first kappa shape index (κ1) is 11.1. The monoisotopic (exact) mass is 222 g/mol. The van der Waals surface area contributed by atoms with Crippen molar-refractivity contribution in [3.05, 3.63) is 35.4 Å². The van der Waals surface area contributed by atoms with E-state index in [0.29, 0.717) is 12.2 Å². The van der Waals surface area contributed by atoms with Crippen LogP contribution in [0.15, 0.2) is 24.3 Å². The molecular weight excluding hydrogens is 207 g/mol. The molecule has 0 bridgehead atoms. The zero-order valence-corrected chi connectivity index (χ0v) is 9.50. The molecule has 1 fully saturated rings. The largest absolute Gasteiger partial charge is 0.466 e. The Morgan fingerprint density at radius 3 is 2.69 bits per heavy atom. The van der Waals surface area contributed by atoms with Crippen LogP contribution in [-0.2, 0) is 15.2 Å². The molecule has 16 heavy (non-hydrogen) atoms. The van der Waals surface area contributed by atoms with Gasteiger partial charge in [-0.3, -0.25) is 4.79 Å². The molecule has 2 nitrogen and oxygen atoms in total. The molecular formula is C13H15FO2. The first-order valence-electron chi connectivity index (χ1n) is 5.50. The molecule has 0 radical (unpaired) electrons. The van der Waals surface area contributed by atoms with Crippen LogP contribution in [0.5, 0.6) is 0 Å². The molecule has 0 heterocycles. The van der Waals surface area contributed by atoms with Crippen molar-refractivity contribution in [3.8, 4) is 0 Å². The molecule has 0 saturated heterocycles. The summed E-state index contributed by atoms with van der Waals surface area (Å²) in [6.07, 6.45) is 0.245. The summed E-state index contributed by atoms with van der Waals surface area (Å²) in [6.45, 7) is 3.98. The van der Waals surface area contributed by atoms with Gasteiger partial charge in [-0.1, -0.05) is 29.8 Å². The number of alkyl halides is 1. The van der Waals surface area contributed by atoms with Gasteiger partial charge in [0.15, 0.2) is 0 Å². The van der Waals surface area contributed by atoms with E-state index in [9.17, 15) is 9.18 Å². The third kappa shape index (κ3) is 1.82. The van der Waals surface area contributed by atoms with E-state index in [4.69, 9.17) is 4.74 Å². The molecule has 1 aliphatic carbocycles. The van der Waals surface area contributed by atoms with Crippen molar-refractivity contribution >= 4 is 5.97 Å². The fraction of sp³-hybridized carbons (Fsp3) is 0.462. The number of halogens is 1. The number of carbonyl (C=O) groups is 1. The molecule has 1 aromatic carbocycles. The van der Waals surface area contributed by atoms with Gasteiger partial charge in [0.25, 0.3) is 0 Å². The topological polar surface area (TPSA) is 26.3 Å². The molecule has 1 aliphatic rings. The Morgan fingerprint density at radius 2 is 2.12 bits per heavy atom. The van der Waals surface area contributed by atoms with Crippen LogP contribution in [0.2, 0.25) is 0 Å². The quantitative estimate of drug-likeness (QED) is 0.735. The standard InChI is InChI=1S/C13H15FO2/c1-3-16-12(15)11-8-13(11,14)10-6-4-9(2)5-7-10/h4-7,11H,3,8H2,1-2H3/t11-,13+/m0/s1. The van der Waals surface area contributed by atoms with E-state index in [1.165, 1.54) is 0 Å². The maximum atomic E-state index is 14.3. The SMILES string of the molecule is CCOC(=O)[C@@H]1C[C@@]1(F)c1ccc(C)cc1. The highest BCUT2D eigenvalue weighted by Crippen LogP contribution is 2.56. The van der Waals surface area contributed by atoms with Crippen LogP contribution >= 0.6 is 0 Å². The number of benzene rings is 1. The fourth-order valence-corrected chi connectivity index (χ4v) is 1.90. The zero-order valence-electron chi connectivity index (χ0n) is 9.50. The van der Waals surface area contributed by atoms with Gasteiger partial charge in [0.2, 0.25) is 0 Å². The van der Waals surface area contributed by atoms with Gasteiger partial charge in [-0.15, -0.1) is 0 Å². The molecule has 3 heteroatoms. The van der Waals surface area contributed by atoms with E-state index < -0.39 is 17.6 Å². The lowest BCUT2D eigenvalue weighted by Gasteiger charge is -2.08. The Kier molecular flexibility index (Phi) is 2.70. The van der Waals surface area contributed by atoms with Crippen molar-refractivity contribution in [1.82, 2.24) is 0 Å². The Labute approximate surface area is 94.4 Å². The van der Waals surface area contributed by atoms with Crippen molar-refractivity contribution in [2.45, 2.75) is 25.9 Å². The number of aryl methyl sites for hydroxylation is 1. The second-order valence-electron chi connectivity index (χ2n) is 4.24. The van der Waals surface area contributed by atoms with E-state index in [1.807, 2.05) is 19.1 Å². The number of carbonyl (C=O) groups excluding carboxylic acids is 1. The minimum Gasteiger partial charge on any atom is -0.466 e. The summed E-state index contributed by atoms with van der Waals surface area (Å²) in [5.74, 6) is -1.04. The van der Waals surface area contributed by atoms with Crippen LogP contribution in [0.1, 0.15) is 24.5 Å². The summed E-state index contributed by atoms with van der Waals surface area (Å²) in [5.41, 5.74) is 0.164. The summed E-state index contributed by atoms with van der Waals surface area (Å²) in [7, 11) is 0. The summed E-state index contributed by atoms with van der Waals surface area (Å²) in [4.78, 5) is 11.4. The highest BCUT2D eigenvalue weighted by atomic mass is 19.1. The molecule has 0 unspecified atom stereocenters. The zero-order chi connectivity index (χ0) is 11.8. The molecule has 2 rings (SSSR count). The summed E-state index contributed by atoms with van der Waals surface area (Å²) >= 11 is 0. The van der Waals surface area contributed by atoms with Crippen LogP contribution in [0.4, 0.5) is 4.39 Å². The Balaban J connectivity index is 2.12. The van der Waals surface area contributed by atoms with E-state index in [-0.39, 0.29) is 6.42 Å². The Bertz CT molecular complexity index is 399. The predicted molar refractivity (Wildman–Crippen MR) is 58.7 cm³/mol. The second-order valence-corrected chi connectivity index (χ2v) is 4.24. The molecule has 0 N–H and O–H groups in total. The van der Waals surface area contributed by atoms with E-state index >= 15 is 0 Å². The van der Waals surface area contributed by atoms with Crippen LogP contribution in [-0.4, -0.2) is 12.6 Å². The predicted octanol–water partition coefficient (Wildman–Crippen LogP) is 2.74. The van der Waals surface area contributed by atoms with Gasteiger partial charge in [-0.25, -0.2) is 4.39 Å². The molecule has 0 aliphatic heterocycles. The fourth-order valence-electron chi connectivity index (χ4n) is 1.90. The van der Waals surface area contributed by atoms with E-state index in [0.717, 1.165) is 5.56 Å². The Morgan fingerprint density at radius 1 is 1.50 bits per heavy atom. The van der Waals surface area contributed by atoms with E-state index in [2.05, 4.69) is 0 Å². The van der Waals surface area contributed by atoms with Gasteiger partial charge < -0.3 is 4.74 Å². The van der Waals surface area contributed by atoms with Gasteiger partial charge >= 0.3 is 5.97 Å². The van der Waals surface area contributed by atoms with Gasteiger partial charge in [0, 0.05) is 6.42 Å². The average Bonchev–Trinajstić information content (AvgIpc) is 2.93. The first-order valence-corrected chi connectivity index (χ1v) is 5.50. The van der Waals surface area contributed by atoms with Gasteiger partial charge in [0.05, 0.1) is 12.5 Å². The smallest absolute Gasteiger partial charge is 0.312 e. The molecule has 2 atom stereocenters. The second kappa shape index (κ2) is 3.89. The number of esters is 1. The van der Waals surface area contributed by atoms with Crippen molar-refractivity contribution in [3.63, 3.8) is 0 Å². The normalized spacial score (nSPS) is 27.6. The lowest BCUT2D eigenvalue weighted by molar-refractivity contribution is -0.145. The molecule has 0 amide bonds. The van der Waals surface area contributed by atoms with Crippen molar-refractivity contribution in [1.29, 1.82) is 0 Å². The maximum absolute atomic E-state index is 14.3. The molecule has 0 spiro atoms. The molecule has 86 valence electrons. The molecule has 1 saturated carbocycles. The van der Waals surface area contributed by atoms with Crippen LogP contribution in [0, 0.1) is 12.8 Å². The summed E-state index contributed by atoms with van der Waals surface area (Å²) in [5, 5.41) is 0. The molecule has 0 aromatic heterocycles. The third-order valence-corrected chi connectivity index (χ3v) is 3.00. The van der Waals surface area contributed by atoms with Crippen molar-refractivity contribution in [2.24, 2.45) is 5.92 Å². The van der Waals surface area contributed by atoms with Crippen molar-refractivity contribution in [2.75, 3.05) is 6.61 Å². The minimum absolute atomic E-state index is 0.245. The van der Waals surface area contributed by atoms with Crippen LogP contribution in [0.25, 0.3) is 0 Å². The highest BCUT2D eigenvalue weighted by Gasteiger charge is 2.61. The highest BCUT2D eigenvalue weighted by molar-refractivity contribution is 5.78. The van der Waals surface area contributed by atoms with Crippen molar-refractivity contribution < 1.29 is 13.9 Å². The third-order valence-electron chi connectivity index (χ3n) is 3.00. The number of hydrogen-bond acceptors (Lipinski definition) is 2. The number of ether oxygens (including phenoxy) is 1. The van der Waals surface area contributed by atoms with Gasteiger partial charge in [-0.05, 0) is 19.4 Å². The minimum atomic E-state index is -1.50. The lowest BCUT2D eigenvalue weighted by atomic mass is 10.1. The number of rotatable bonds is 3.